The average molecular weight is 726 g/mol. The number of esters is 3. The monoisotopic (exact) mass is 726 g/mol. The highest BCUT2D eigenvalue weighted by molar-refractivity contribution is 5.87. The van der Waals surface area contributed by atoms with Gasteiger partial charge in [0.1, 0.15) is 28.9 Å². The van der Waals surface area contributed by atoms with Crippen molar-refractivity contribution in [3.8, 4) is 0 Å². The third-order valence-corrected chi connectivity index (χ3v) is 8.18. The highest BCUT2D eigenvalue weighted by Crippen LogP contribution is 2.15. The van der Waals surface area contributed by atoms with E-state index in [0.29, 0.717) is 12.8 Å². The summed E-state index contributed by atoms with van der Waals surface area (Å²) in [5, 5.41) is 12.2. The van der Waals surface area contributed by atoms with Crippen molar-refractivity contribution in [3.05, 3.63) is 0 Å². The normalized spacial score (nSPS) is 15.5. The topological polar surface area (TPSA) is 147 Å². The number of piperazine rings is 1. The van der Waals surface area contributed by atoms with Gasteiger partial charge in [0.2, 0.25) is 0 Å². The smallest absolute Gasteiger partial charge is 0.329 e. The number of amides is 2. The predicted octanol–water partition coefficient (Wildman–Crippen LogP) is 6.00. The fraction of sp³-hybridized carbons (Fsp3) is 0.897. The molecule has 0 aliphatic carbocycles. The van der Waals surface area contributed by atoms with E-state index < -0.39 is 52.8 Å². The zero-order valence-electron chi connectivity index (χ0n) is 33.8. The van der Waals surface area contributed by atoms with Crippen LogP contribution in [0.25, 0.3) is 0 Å². The van der Waals surface area contributed by atoms with E-state index in [4.69, 9.17) is 14.2 Å². The molecule has 0 aromatic carbocycles. The van der Waals surface area contributed by atoms with Gasteiger partial charge in [-0.1, -0.05) is 44.9 Å². The van der Waals surface area contributed by atoms with Crippen molar-refractivity contribution in [1.82, 2.24) is 26.2 Å². The van der Waals surface area contributed by atoms with Gasteiger partial charge in [-0.2, -0.15) is 0 Å². The quantitative estimate of drug-likeness (QED) is 0.0531. The molecular weight excluding hydrogens is 650 g/mol. The van der Waals surface area contributed by atoms with Crippen molar-refractivity contribution in [2.75, 3.05) is 45.8 Å². The van der Waals surface area contributed by atoms with Crippen LogP contribution < -0.4 is 21.3 Å². The van der Waals surface area contributed by atoms with E-state index in [9.17, 15) is 19.2 Å². The molecule has 0 aromatic rings. The van der Waals surface area contributed by atoms with Crippen molar-refractivity contribution in [2.45, 2.75) is 181 Å². The number of unbranched alkanes of at least 4 members (excludes halogenated alkanes) is 9. The lowest BCUT2D eigenvalue weighted by Crippen LogP contribution is -2.53. The lowest BCUT2D eigenvalue weighted by Gasteiger charge is -2.27. The molecule has 0 aromatic heterocycles. The van der Waals surface area contributed by atoms with Crippen molar-refractivity contribution < 1.29 is 33.4 Å². The lowest BCUT2D eigenvalue weighted by molar-refractivity contribution is -0.159. The van der Waals surface area contributed by atoms with Gasteiger partial charge in [0.15, 0.2) is 0 Å². The van der Waals surface area contributed by atoms with Gasteiger partial charge in [0.05, 0.1) is 0 Å². The van der Waals surface area contributed by atoms with Gasteiger partial charge >= 0.3 is 23.9 Å². The van der Waals surface area contributed by atoms with Gasteiger partial charge in [-0.25, -0.2) is 14.4 Å². The van der Waals surface area contributed by atoms with E-state index in [0.717, 1.165) is 39.0 Å². The molecule has 0 unspecified atom stereocenters. The van der Waals surface area contributed by atoms with Gasteiger partial charge in [-0.15, -0.1) is 0 Å². The molecule has 1 heterocycles. The Labute approximate surface area is 310 Å². The number of urea groups is 1. The summed E-state index contributed by atoms with van der Waals surface area (Å²) in [5.41, 5.74) is -2.20. The highest BCUT2D eigenvalue weighted by Gasteiger charge is 2.31. The Morgan fingerprint density at radius 1 is 0.588 bits per heavy atom. The lowest BCUT2D eigenvalue weighted by atomic mass is 10.1. The highest BCUT2D eigenvalue weighted by atomic mass is 16.6. The van der Waals surface area contributed by atoms with E-state index in [1.807, 2.05) is 0 Å². The van der Waals surface area contributed by atoms with Crippen molar-refractivity contribution in [2.24, 2.45) is 0 Å². The molecule has 2 atom stereocenters. The van der Waals surface area contributed by atoms with Crippen LogP contribution in [0.2, 0.25) is 0 Å². The molecule has 0 spiro atoms. The number of nitrogens with zero attached hydrogens (tertiary/aromatic N) is 1. The molecule has 12 heteroatoms. The molecule has 298 valence electrons. The number of ether oxygens (including phenoxy) is 3. The number of hydrogen-bond acceptors (Lipinski definition) is 10. The minimum Gasteiger partial charge on any atom is -0.460 e. The molecule has 1 fully saturated rings. The minimum atomic E-state index is -1.11. The number of rotatable bonds is 24. The Morgan fingerprint density at radius 2 is 1.02 bits per heavy atom. The van der Waals surface area contributed by atoms with Crippen LogP contribution >= 0.6 is 0 Å². The first-order valence-electron chi connectivity index (χ1n) is 19.7. The molecule has 0 radical (unpaired) electrons. The molecule has 1 rings (SSSR count). The summed E-state index contributed by atoms with van der Waals surface area (Å²) in [6, 6.07) is -2.73. The fourth-order valence-corrected chi connectivity index (χ4v) is 5.74. The van der Waals surface area contributed by atoms with Gasteiger partial charge < -0.3 is 40.4 Å². The number of carbonyl (C=O) groups is 4. The van der Waals surface area contributed by atoms with Crippen LogP contribution in [-0.2, 0) is 28.6 Å². The maximum atomic E-state index is 13.1. The molecule has 51 heavy (non-hydrogen) atoms. The Hall–Kier alpha value is -2.44. The summed E-state index contributed by atoms with van der Waals surface area (Å²) in [5.74, 6) is -1.70. The first-order valence-corrected chi connectivity index (χ1v) is 19.7. The average Bonchev–Trinajstić information content (AvgIpc) is 3.00. The summed E-state index contributed by atoms with van der Waals surface area (Å²) in [4.78, 5) is 54.0. The molecule has 1 saturated heterocycles. The molecule has 0 bridgehead atoms. The van der Waals surface area contributed by atoms with Crippen LogP contribution in [-0.4, -0.2) is 104 Å². The Bertz CT molecular complexity index is 997. The third-order valence-electron chi connectivity index (χ3n) is 8.18. The molecule has 2 amide bonds. The molecular formula is C39H75N5O7. The predicted molar refractivity (Wildman–Crippen MR) is 204 cm³/mol. The molecule has 0 saturated carbocycles. The van der Waals surface area contributed by atoms with Crippen LogP contribution in [0, 0.1) is 0 Å². The van der Waals surface area contributed by atoms with Gasteiger partial charge in [0.25, 0.3) is 0 Å². The van der Waals surface area contributed by atoms with Gasteiger partial charge in [-0.3, -0.25) is 4.79 Å². The summed E-state index contributed by atoms with van der Waals surface area (Å²) >= 11 is 0. The SMILES string of the molecule is CC(C)(C)OC(=O)CC[C@H](NC(=O)N[C@@H](CCCCNCCCCCCCCCCCN1CCNCC1)C(=O)OC(C)(C)C)C(=O)OC(C)(C)C. The van der Waals surface area contributed by atoms with Gasteiger partial charge in [-0.05, 0) is 120 Å². The van der Waals surface area contributed by atoms with Crippen LogP contribution in [0.4, 0.5) is 4.79 Å². The number of nitrogens with one attached hydrogen (secondary N) is 4. The van der Waals surface area contributed by atoms with E-state index in [2.05, 4.69) is 26.2 Å². The first-order chi connectivity index (χ1) is 23.8. The largest absolute Gasteiger partial charge is 0.460 e. The first kappa shape index (κ1) is 46.6. The Morgan fingerprint density at radius 3 is 1.51 bits per heavy atom. The molecule has 4 N–H and O–H groups in total. The molecule has 1 aliphatic heterocycles. The number of carbonyl (C=O) groups excluding carboxylic acids is 4. The van der Waals surface area contributed by atoms with E-state index in [1.54, 1.807) is 62.3 Å². The van der Waals surface area contributed by atoms with Gasteiger partial charge in [0, 0.05) is 32.6 Å². The standard InChI is InChI=1S/C39H75N5O7/c1-37(2,3)49-33(45)23-22-32(35(47)51-39(7,8)9)43-36(48)42-31(34(46)50-38(4,5)6)21-17-19-25-40-24-18-15-13-11-10-12-14-16-20-28-44-29-26-41-27-30-44/h31-32,40-41H,10-30H2,1-9H3,(H2,42,43,48)/t31-,32-/m0/s1. The molecule has 12 nitrogen and oxygen atoms in total. The molecule has 1 aliphatic rings. The number of hydrogen-bond donors (Lipinski definition) is 4. The van der Waals surface area contributed by atoms with E-state index in [-0.39, 0.29) is 12.8 Å². The Kier molecular flexibility index (Phi) is 22.6. The summed E-state index contributed by atoms with van der Waals surface area (Å²) in [6.45, 7) is 23.5. The second kappa shape index (κ2) is 24.7. The van der Waals surface area contributed by atoms with E-state index >= 15 is 0 Å². The summed E-state index contributed by atoms with van der Waals surface area (Å²) in [7, 11) is 0. The zero-order chi connectivity index (χ0) is 38.3. The van der Waals surface area contributed by atoms with Crippen molar-refractivity contribution in [1.29, 1.82) is 0 Å². The van der Waals surface area contributed by atoms with Crippen LogP contribution in [0.1, 0.15) is 152 Å². The van der Waals surface area contributed by atoms with Crippen molar-refractivity contribution >= 4 is 23.9 Å². The fourth-order valence-electron chi connectivity index (χ4n) is 5.74. The van der Waals surface area contributed by atoms with Crippen LogP contribution in [0.15, 0.2) is 0 Å². The summed E-state index contributed by atoms with van der Waals surface area (Å²) in [6.07, 6.45) is 13.5. The van der Waals surface area contributed by atoms with Crippen LogP contribution in [0.3, 0.4) is 0 Å². The van der Waals surface area contributed by atoms with Crippen molar-refractivity contribution in [3.63, 3.8) is 0 Å². The second-order valence-corrected chi connectivity index (χ2v) is 16.9. The Balaban J connectivity index is 2.40. The zero-order valence-corrected chi connectivity index (χ0v) is 33.8. The third kappa shape index (κ3) is 26.9. The summed E-state index contributed by atoms with van der Waals surface area (Å²) < 4.78 is 16.4. The minimum absolute atomic E-state index is 0.0163. The second-order valence-electron chi connectivity index (χ2n) is 16.9. The maximum absolute atomic E-state index is 13.1. The maximum Gasteiger partial charge on any atom is 0.329 e. The van der Waals surface area contributed by atoms with E-state index in [1.165, 1.54) is 71.0 Å². The van der Waals surface area contributed by atoms with Crippen LogP contribution in [0.5, 0.6) is 0 Å².